The van der Waals surface area contributed by atoms with Gasteiger partial charge in [0.1, 0.15) is 23.5 Å². The van der Waals surface area contributed by atoms with E-state index in [-0.39, 0.29) is 24.5 Å². The van der Waals surface area contributed by atoms with Crippen LogP contribution in [0.15, 0.2) is 30.3 Å². The highest BCUT2D eigenvalue weighted by atomic mass is 19.4. The second kappa shape index (κ2) is 7.95. The fourth-order valence-corrected chi connectivity index (χ4v) is 3.67. The van der Waals surface area contributed by atoms with Crippen LogP contribution in [-0.2, 0) is 11.0 Å². The van der Waals surface area contributed by atoms with Gasteiger partial charge in [-0.3, -0.25) is 4.79 Å². The van der Waals surface area contributed by atoms with E-state index in [1.807, 2.05) is 13.0 Å². The van der Waals surface area contributed by atoms with Crippen LogP contribution < -0.4 is 9.80 Å². The Morgan fingerprint density at radius 2 is 2.03 bits per heavy atom. The number of amides is 1. The lowest BCUT2D eigenvalue weighted by atomic mass is 10.1. The Balaban J connectivity index is 2.04. The summed E-state index contributed by atoms with van der Waals surface area (Å²) in [5.41, 5.74) is -0.131. The van der Waals surface area contributed by atoms with Crippen LogP contribution in [-0.4, -0.2) is 41.7 Å². The van der Waals surface area contributed by atoms with Gasteiger partial charge in [-0.25, -0.2) is 4.98 Å². The number of halogens is 3. The first-order valence-corrected chi connectivity index (χ1v) is 9.30. The summed E-state index contributed by atoms with van der Waals surface area (Å²) in [5, 5.41) is 19.6. The Hall–Kier alpha value is -3.12. The Bertz CT molecular complexity index is 1020. The summed E-state index contributed by atoms with van der Waals surface area (Å²) in [7, 11) is 1.57. The van der Waals surface area contributed by atoms with Crippen molar-refractivity contribution in [1.82, 2.24) is 4.98 Å². The minimum atomic E-state index is -4.75. The van der Waals surface area contributed by atoms with E-state index in [1.165, 1.54) is 16.7 Å². The number of nitrogens with zero attached hydrogens (tertiary/aromatic N) is 4. The summed E-state index contributed by atoms with van der Waals surface area (Å²) in [6.45, 7) is 3.17. The van der Waals surface area contributed by atoms with Crippen LogP contribution in [0.25, 0.3) is 0 Å². The zero-order chi connectivity index (χ0) is 22.2. The van der Waals surface area contributed by atoms with Gasteiger partial charge in [-0.15, -0.1) is 0 Å². The predicted molar refractivity (Wildman–Crippen MR) is 105 cm³/mol. The Morgan fingerprint density at radius 1 is 1.33 bits per heavy atom. The number of aryl methyl sites for hydroxylation is 2. The smallest absolute Gasteiger partial charge is 0.391 e. The third-order valence-corrected chi connectivity index (χ3v) is 5.10. The van der Waals surface area contributed by atoms with Gasteiger partial charge >= 0.3 is 6.18 Å². The van der Waals surface area contributed by atoms with Crippen molar-refractivity contribution in [2.75, 3.05) is 23.4 Å². The molecule has 158 valence electrons. The number of pyridine rings is 1. The second-order valence-corrected chi connectivity index (χ2v) is 7.41. The van der Waals surface area contributed by atoms with E-state index >= 15 is 0 Å². The molecule has 9 heteroatoms. The number of anilines is 2. The molecule has 1 amide bonds. The minimum Gasteiger partial charge on any atom is -0.391 e. The van der Waals surface area contributed by atoms with Gasteiger partial charge < -0.3 is 14.9 Å². The number of likely N-dealkylation sites (N-methyl/N-ethyl adjacent to an activating group) is 1. The molecule has 1 fully saturated rings. The zero-order valence-corrected chi connectivity index (χ0v) is 16.7. The van der Waals surface area contributed by atoms with E-state index in [0.29, 0.717) is 5.69 Å². The summed E-state index contributed by atoms with van der Waals surface area (Å²) >= 11 is 0. The largest absolute Gasteiger partial charge is 0.417 e. The number of β-amino-alcohol motifs (C(OH)–C–C–N with tert-alkyl or cyclic N) is 1. The fourth-order valence-electron chi connectivity index (χ4n) is 3.67. The molecule has 30 heavy (non-hydrogen) atoms. The molecule has 0 saturated carbocycles. The lowest BCUT2D eigenvalue weighted by Crippen LogP contribution is -2.45. The standard InChI is InChI=1S/C21H21F3N4O2/c1-12-5-4-6-14(7-12)27(3)20(30)18-9-15(29)11-28(18)19-16(10-25)17(21(22,23)24)8-13(2)26-19/h4-8,15,18,29H,9,11H2,1-3H3/t15-,18-/m1/s1. The van der Waals surface area contributed by atoms with Gasteiger partial charge in [0, 0.05) is 31.4 Å². The van der Waals surface area contributed by atoms with Crippen molar-refractivity contribution in [2.24, 2.45) is 0 Å². The van der Waals surface area contributed by atoms with Gasteiger partial charge in [0.15, 0.2) is 0 Å². The number of carbonyl (C=O) groups excluding carboxylic acids is 1. The molecular weight excluding hydrogens is 397 g/mol. The predicted octanol–water partition coefficient (Wildman–Crippen LogP) is 3.19. The molecule has 0 bridgehead atoms. The van der Waals surface area contributed by atoms with E-state index < -0.39 is 35.4 Å². The fraction of sp³-hybridized carbons (Fsp3) is 0.381. The number of aliphatic hydroxyl groups excluding tert-OH is 1. The summed E-state index contributed by atoms with van der Waals surface area (Å²) in [5.74, 6) is -0.643. The average Bonchev–Trinajstić information content (AvgIpc) is 3.07. The first-order chi connectivity index (χ1) is 14.0. The van der Waals surface area contributed by atoms with Crippen LogP contribution in [0.1, 0.15) is 28.8 Å². The van der Waals surface area contributed by atoms with Crippen molar-refractivity contribution in [2.45, 2.75) is 38.6 Å². The second-order valence-electron chi connectivity index (χ2n) is 7.41. The van der Waals surface area contributed by atoms with Crippen molar-refractivity contribution in [3.05, 3.63) is 52.7 Å². The lowest BCUT2D eigenvalue weighted by molar-refractivity contribution is -0.137. The molecule has 1 aliphatic heterocycles. The SMILES string of the molecule is Cc1cccc(N(C)C(=O)[C@H]2C[C@@H](O)CN2c2nc(C)cc(C(F)(F)F)c2C#N)c1. The van der Waals surface area contributed by atoms with Gasteiger partial charge in [-0.1, -0.05) is 12.1 Å². The number of hydrogen-bond acceptors (Lipinski definition) is 5. The molecule has 2 atom stereocenters. The van der Waals surface area contributed by atoms with E-state index in [1.54, 1.807) is 31.3 Å². The van der Waals surface area contributed by atoms with Gasteiger partial charge in [-0.2, -0.15) is 18.4 Å². The number of nitriles is 1. The molecule has 0 radical (unpaired) electrons. The summed E-state index contributed by atoms with van der Waals surface area (Å²) in [4.78, 5) is 20.0. The first-order valence-electron chi connectivity index (χ1n) is 9.30. The highest BCUT2D eigenvalue weighted by molar-refractivity contribution is 5.99. The van der Waals surface area contributed by atoms with E-state index in [9.17, 15) is 28.3 Å². The van der Waals surface area contributed by atoms with E-state index in [0.717, 1.165) is 11.6 Å². The third kappa shape index (κ3) is 4.09. The molecule has 1 N–H and O–H groups in total. The molecule has 0 aliphatic carbocycles. The van der Waals surface area contributed by atoms with Crippen LogP contribution in [0.4, 0.5) is 24.7 Å². The normalized spacial score (nSPS) is 18.9. The molecule has 2 heterocycles. The van der Waals surface area contributed by atoms with Crippen LogP contribution in [0.5, 0.6) is 0 Å². The molecular formula is C21H21F3N4O2. The van der Waals surface area contributed by atoms with Gasteiger partial charge in [0.25, 0.3) is 0 Å². The Labute approximate surface area is 172 Å². The number of alkyl halides is 3. The van der Waals surface area contributed by atoms with Crippen molar-refractivity contribution < 1.29 is 23.1 Å². The van der Waals surface area contributed by atoms with E-state index in [4.69, 9.17) is 0 Å². The first kappa shape index (κ1) is 21.6. The van der Waals surface area contributed by atoms with Crippen LogP contribution >= 0.6 is 0 Å². The quantitative estimate of drug-likeness (QED) is 0.828. The monoisotopic (exact) mass is 418 g/mol. The minimum absolute atomic E-state index is 0.0246. The molecule has 0 unspecified atom stereocenters. The topological polar surface area (TPSA) is 80.5 Å². The molecule has 3 rings (SSSR count). The highest BCUT2D eigenvalue weighted by Gasteiger charge is 2.42. The van der Waals surface area contributed by atoms with Crippen molar-refractivity contribution in [1.29, 1.82) is 5.26 Å². The van der Waals surface area contributed by atoms with Crippen LogP contribution in [0.3, 0.4) is 0 Å². The summed E-state index contributed by atoms with van der Waals surface area (Å²) < 4.78 is 40.4. The van der Waals surface area contributed by atoms with Crippen molar-refractivity contribution >= 4 is 17.4 Å². The maximum absolute atomic E-state index is 13.5. The summed E-state index contributed by atoms with van der Waals surface area (Å²) in [6.07, 6.45) is -5.66. The Kier molecular flexibility index (Phi) is 5.72. The number of carbonyl (C=O) groups is 1. The molecule has 1 saturated heterocycles. The van der Waals surface area contributed by atoms with Crippen molar-refractivity contribution in [3.63, 3.8) is 0 Å². The molecule has 0 spiro atoms. The van der Waals surface area contributed by atoms with Gasteiger partial charge in [0.05, 0.1) is 11.7 Å². The summed E-state index contributed by atoms with van der Waals surface area (Å²) in [6, 6.07) is 8.67. The molecule has 1 aliphatic rings. The average molecular weight is 418 g/mol. The van der Waals surface area contributed by atoms with Gasteiger partial charge in [-0.05, 0) is 37.6 Å². The molecule has 2 aromatic rings. The maximum Gasteiger partial charge on any atom is 0.417 e. The van der Waals surface area contributed by atoms with Crippen molar-refractivity contribution in [3.8, 4) is 6.07 Å². The molecule has 6 nitrogen and oxygen atoms in total. The maximum atomic E-state index is 13.5. The van der Waals surface area contributed by atoms with Gasteiger partial charge in [0.2, 0.25) is 5.91 Å². The highest BCUT2D eigenvalue weighted by Crippen LogP contribution is 2.38. The number of benzene rings is 1. The Morgan fingerprint density at radius 3 is 2.63 bits per heavy atom. The molecule has 1 aromatic carbocycles. The van der Waals surface area contributed by atoms with E-state index in [2.05, 4.69) is 4.98 Å². The lowest BCUT2D eigenvalue weighted by Gasteiger charge is -2.30. The molecule has 1 aromatic heterocycles. The third-order valence-electron chi connectivity index (χ3n) is 5.10. The zero-order valence-electron chi connectivity index (χ0n) is 16.7. The van der Waals surface area contributed by atoms with Crippen LogP contribution in [0.2, 0.25) is 0 Å². The number of rotatable bonds is 3. The number of aliphatic hydroxyl groups is 1. The number of aromatic nitrogens is 1. The van der Waals surface area contributed by atoms with Crippen LogP contribution in [0, 0.1) is 25.2 Å². The number of hydrogen-bond donors (Lipinski definition) is 1.